The molecular formula is C9H11BrF2N2. The van der Waals surface area contributed by atoms with E-state index in [0.29, 0.717) is 5.82 Å². The molecule has 0 radical (unpaired) electrons. The van der Waals surface area contributed by atoms with E-state index in [0.717, 1.165) is 17.0 Å². The molecule has 1 heterocycles. The van der Waals surface area contributed by atoms with Gasteiger partial charge >= 0.3 is 0 Å². The maximum Gasteiger partial charge on any atom is 0.262 e. The van der Waals surface area contributed by atoms with Crippen LogP contribution in [0.15, 0.2) is 16.7 Å². The van der Waals surface area contributed by atoms with Crippen LogP contribution in [-0.2, 0) is 0 Å². The van der Waals surface area contributed by atoms with E-state index in [4.69, 9.17) is 0 Å². The fourth-order valence-corrected chi connectivity index (χ4v) is 1.10. The molecule has 78 valence electrons. The Morgan fingerprint density at radius 3 is 2.71 bits per heavy atom. The normalized spacial score (nSPS) is 11.5. The van der Waals surface area contributed by atoms with Crippen LogP contribution >= 0.6 is 15.9 Å². The molecule has 0 aliphatic rings. The van der Waals surface area contributed by atoms with Gasteiger partial charge in [0.25, 0.3) is 5.92 Å². The molecular weight excluding hydrogens is 254 g/mol. The summed E-state index contributed by atoms with van der Waals surface area (Å²) < 4.78 is 25.8. The first-order valence-electron chi connectivity index (χ1n) is 4.12. The van der Waals surface area contributed by atoms with E-state index in [2.05, 4.69) is 26.2 Å². The van der Waals surface area contributed by atoms with Crippen molar-refractivity contribution in [2.75, 3.05) is 11.9 Å². The van der Waals surface area contributed by atoms with Crippen molar-refractivity contribution in [1.29, 1.82) is 0 Å². The average molecular weight is 265 g/mol. The summed E-state index contributed by atoms with van der Waals surface area (Å²) >= 11 is 3.28. The predicted octanol–water partition coefficient (Wildman–Crippen LogP) is 3.22. The number of aromatic nitrogens is 1. The van der Waals surface area contributed by atoms with Gasteiger partial charge in [-0.3, -0.25) is 0 Å². The van der Waals surface area contributed by atoms with Crippen molar-refractivity contribution in [3.05, 3.63) is 22.3 Å². The number of pyridine rings is 1. The van der Waals surface area contributed by atoms with Crippen LogP contribution in [-0.4, -0.2) is 17.5 Å². The molecule has 1 N–H and O–H groups in total. The number of hydrogen-bond donors (Lipinski definition) is 1. The van der Waals surface area contributed by atoms with Crippen molar-refractivity contribution in [3.63, 3.8) is 0 Å². The second-order valence-corrected chi connectivity index (χ2v) is 4.10. The minimum absolute atomic E-state index is 0.402. The highest BCUT2D eigenvalue weighted by molar-refractivity contribution is 9.10. The summed E-state index contributed by atoms with van der Waals surface area (Å²) in [7, 11) is 0. The highest BCUT2D eigenvalue weighted by atomic mass is 79.9. The second kappa shape index (κ2) is 4.21. The largest absolute Gasteiger partial charge is 0.364 e. The highest BCUT2D eigenvalue weighted by Gasteiger charge is 2.20. The topological polar surface area (TPSA) is 24.9 Å². The summed E-state index contributed by atoms with van der Waals surface area (Å²) in [4.78, 5) is 3.95. The molecule has 0 spiro atoms. The van der Waals surface area contributed by atoms with E-state index in [-0.39, 0.29) is 0 Å². The number of aryl methyl sites for hydroxylation is 1. The lowest BCUT2D eigenvalue weighted by molar-refractivity contribution is 0.0367. The molecule has 0 unspecified atom stereocenters. The fourth-order valence-electron chi connectivity index (χ4n) is 0.882. The van der Waals surface area contributed by atoms with Crippen LogP contribution in [0.3, 0.4) is 0 Å². The van der Waals surface area contributed by atoms with Crippen molar-refractivity contribution in [2.24, 2.45) is 0 Å². The number of nitrogens with zero attached hydrogens (tertiary/aromatic N) is 1. The molecule has 0 saturated carbocycles. The van der Waals surface area contributed by atoms with Gasteiger partial charge in [0, 0.05) is 17.6 Å². The third-order valence-corrected chi connectivity index (χ3v) is 2.46. The van der Waals surface area contributed by atoms with Crippen molar-refractivity contribution in [2.45, 2.75) is 19.8 Å². The van der Waals surface area contributed by atoms with Crippen LogP contribution in [0, 0.1) is 6.92 Å². The molecule has 1 aromatic heterocycles. The molecule has 0 amide bonds. The molecule has 5 heteroatoms. The second-order valence-electron chi connectivity index (χ2n) is 3.24. The zero-order valence-corrected chi connectivity index (χ0v) is 9.53. The van der Waals surface area contributed by atoms with E-state index >= 15 is 0 Å². The summed E-state index contributed by atoms with van der Waals surface area (Å²) in [6.07, 6.45) is 1.59. The van der Waals surface area contributed by atoms with Gasteiger partial charge in [-0.2, -0.15) is 0 Å². The summed E-state index contributed by atoms with van der Waals surface area (Å²) in [6.45, 7) is 2.34. The number of hydrogen-bond acceptors (Lipinski definition) is 2. The summed E-state index contributed by atoms with van der Waals surface area (Å²) in [5.41, 5.74) is 0.960. The smallest absolute Gasteiger partial charge is 0.262 e. The Hall–Kier alpha value is -0.710. The van der Waals surface area contributed by atoms with Crippen LogP contribution < -0.4 is 5.32 Å². The van der Waals surface area contributed by atoms with Crippen LogP contribution in [0.1, 0.15) is 12.5 Å². The molecule has 0 saturated heterocycles. The van der Waals surface area contributed by atoms with Crippen molar-refractivity contribution in [3.8, 4) is 0 Å². The van der Waals surface area contributed by atoms with Crippen molar-refractivity contribution in [1.82, 2.24) is 4.98 Å². The van der Waals surface area contributed by atoms with E-state index in [1.165, 1.54) is 0 Å². The highest BCUT2D eigenvalue weighted by Crippen LogP contribution is 2.18. The van der Waals surface area contributed by atoms with E-state index in [9.17, 15) is 8.78 Å². The van der Waals surface area contributed by atoms with Crippen LogP contribution in [0.4, 0.5) is 14.6 Å². The van der Waals surface area contributed by atoms with E-state index in [1.54, 1.807) is 12.3 Å². The van der Waals surface area contributed by atoms with Gasteiger partial charge in [-0.1, -0.05) is 0 Å². The standard InChI is InChI=1S/C9H11BrF2N2/c1-6-3-8(13-4-7(6)10)14-5-9(2,11)12/h3-4H,5H2,1-2H3,(H,13,14). The molecule has 0 bridgehead atoms. The van der Waals surface area contributed by atoms with E-state index < -0.39 is 12.5 Å². The molecule has 2 nitrogen and oxygen atoms in total. The molecule has 0 fully saturated rings. The molecule has 0 aliphatic heterocycles. The molecule has 0 aromatic carbocycles. The molecule has 14 heavy (non-hydrogen) atoms. The van der Waals surface area contributed by atoms with Gasteiger partial charge in [0.2, 0.25) is 0 Å². The third-order valence-electron chi connectivity index (χ3n) is 1.63. The number of rotatable bonds is 3. The minimum Gasteiger partial charge on any atom is -0.364 e. The lowest BCUT2D eigenvalue weighted by Gasteiger charge is -2.12. The van der Waals surface area contributed by atoms with Gasteiger partial charge in [0.15, 0.2) is 0 Å². The molecule has 1 rings (SSSR count). The Bertz CT molecular complexity index is 323. The van der Waals surface area contributed by atoms with E-state index in [1.807, 2.05) is 6.92 Å². The lowest BCUT2D eigenvalue weighted by atomic mass is 10.3. The molecule has 0 aliphatic carbocycles. The summed E-state index contributed by atoms with van der Waals surface area (Å²) in [6, 6.07) is 1.72. The lowest BCUT2D eigenvalue weighted by Crippen LogP contribution is -2.23. The summed E-state index contributed by atoms with van der Waals surface area (Å²) in [5.74, 6) is -2.25. The van der Waals surface area contributed by atoms with Gasteiger partial charge in [0.05, 0.1) is 6.54 Å². The van der Waals surface area contributed by atoms with Gasteiger partial charge in [-0.15, -0.1) is 0 Å². The SMILES string of the molecule is Cc1cc(NCC(C)(F)F)ncc1Br. The Morgan fingerprint density at radius 2 is 2.21 bits per heavy atom. The van der Waals surface area contributed by atoms with Gasteiger partial charge in [-0.05, 0) is 34.5 Å². The molecule has 1 aromatic rings. The zero-order chi connectivity index (χ0) is 10.8. The van der Waals surface area contributed by atoms with Crippen molar-refractivity contribution >= 4 is 21.7 Å². The van der Waals surface area contributed by atoms with Crippen LogP contribution in [0.25, 0.3) is 0 Å². The van der Waals surface area contributed by atoms with Crippen molar-refractivity contribution < 1.29 is 8.78 Å². The Labute approximate surface area is 89.9 Å². The predicted molar refractivity (Wildman–Crippen MR) is 55.8 cm³/mol. The van der Waals surface area contributed by atoms with Crippen LogP contribution in [0.2, 0.25) is 0 Å². The zero-order valence-electron chi connectivity index (χ0n) is 7.94. The van der Waals surface area contributed by atoms with Gasteiger partial charge in [0.1, 0.15) is 5.82 Å². The van der Waals surface area contributed by atoms with Crippen LogP contribution in [0.5, 0.6) is 0 Å². The molecule has 0 atom stereocenters. The Balaban J connectivity index is 2.65. The number of halogens is 3. The Morgan fingerprint density at radius 1 is 1.57 bits per heavy atom. The third kappa shape index (κ3) is 3.57. The number of nitrogens with one attached hydrogen (secondary N) is 1. The minimum atomic E-state index is -2.72. The first kappa shape index (κ1) is 11.4. The number of anilines is 1. The van der Waals surface area contributed by atoms with Gasteiger partial charge in [-0.25, -0.2) is 13.8 Å². The first-order valence-corrected chi connectivity index (χ1v) is 4.91. The Kier molecular flexibility index (Phi) is 3.42. The number of alkyl halides is 2. The maximum atomic E-state index is 12.5. The maximum absolute atomic E-state index is 12.5. The summed E-state index contributed by atoms with van der Waals surface area (Å²) in [5, 5.41) is 2.57. The quantitative estimate of drug-likeness (QED) is 0.907. The van der Waals surface area contributed by atoms with Gasteiger partial charge < -0.3 is 5.32 Å². The fraction of sp³-hybridized carbons (Fsp3) is 0.444. The first-order chi connectivity index (χ1) is 6.38. The monoisotopic (exact) mass is 264 g/mol. The average Bonchev–Trinajstić information content (AvgIpc) is 2.06.